The third kappa shape index (κ3) is 4.62. The molecule has 0 radical (unpaired) electrons. The second-order valence-corrected chi connectivity index (χ2v) is 6.21. The van der Waals surface area contributed by atoms with E-state index in [1.807, 2.05) is 0 Å². The number of thioether (sulfide) groups is 1. The molecule has 0 spiro atoms. The molecule has 0 saturated heterocycles. The number of alkyl halides is 3. The number of ether oxygens (including phenoxy) is 2. The van der Waals surface area contributed by atoms with Crippen molar-refractivity contribution in [1.29, 1.82) is 0 Å². The molecule has 0 aliphatic rings. The van der Waals surface area contributed by atoms with Crippen molar-refractivity contribution in [1.82, 2.24) is 9.55 Å². The third-order valence-corrected chi connectivity index (χ3v) is 4.06. The summed E-state index contributed by atoms with van der Waals surface area (Å²) in [5.74, 6) is -4.06. The molecule has 0 N–H and O–H groups in total. The van der Waals surface area contributed by atoms with Crippen molar-refractivity contribution < 1.29 is 41.7 Å². The van der Waals surface area contributed by atoms with E-state index < -0.39 is 36.2 Å². The molecule has 2 rings (SSSR count). The molecule has 0 atom stereocenters. The number of aromatic nitrogens is 3. The Morgan fingerprint density at radius 1 is 1.41 bits per heavy atom. The topological polar surface area (TPSA) is 97.6 Å². The van der Waals surface area contributed by atoms with Gasteiger partial charge in [-0.2, -0.15) is 17.6 Å². The van der Waals surface area contributed by atoms with Gasteiger partial charge in [0.15, 0.2) is 12.4 Å². The van der Waals surface area contributed by atoms with Gasteiger partial charge >= 0.3 is 17.3 Å². The molecule has 2 aromatic heterocycles. The van der Waals surface area contributed by atoms with Gasteiger partial charge in [0.2, 0.25) is 10.8 Å². The molecule has 13 heteroatoms. The highest BCUT2D eigenvalue weighted by Gasteiger charge is 2.44. The third-order valence-electron chi connectivity index (χ3n) is 3.23. The van der Waals surface area contributed by atoms with Crippen LogP contribution in [0.2, 0.25) is 5.15 Å². The van der Waals surface area contributed by atoms with Crippen LogP contribution in [0.25, 0.3) is 5.65 Å². The van der Waals surface area contributed by atoms with E-state index in [1.165, 1.54) is 6.92 Å². The van der Waals surface area contributed by atoms with E-state index in [1.54, 1.807) is 6.26 Å². The van der Waals surface area contributed by atoms with Crippen LogP contribution in [-0.4, -0.2) is 46.9 Å². The summed E-state index contributed by atoms with van der Waals surface area (Å²) in [5.41, 5.74) is -1.22. The van der Waals surface area contributed by atoms with Gasteiger partial charge in [-0.15, -0.1) is 0 Å². The average Bonchev–Trinajstić information content (AvgIpc) is 2.84. The minimum Gasteiger partial charge on any atom is -0.845 e. The molecular formula is C14H13ClF3N3O5S. The van der Waals surface area contributed by atoms with Crippen molar-refractivity contribution in [3.8, 4) is 5.88 Å². The Balaban J connectivity index is 2.52. The van der Waals surface area contributed by atoms with Crippen LogP contribution in [0, 0.1) is 0 Å². The molecule has 0 aromatic carbocycles. The smallest absolute Gasteiger partial charge is 0.458 e. The second-order valence-electron chi connectivity index (χ2n) is 5.05. The van der Waals surface area contributed by atoms with Crippen molar-refractivity contribution in [2.45, 2.75) is 25.0 Å². The van der Waals surface area contributed by atoms with Crippen LogP contribution in [0.3, 0.4) is 0 Å². The van der Waals surface area contributed by atoms with Gasteiger partial charge in [-0.1, -0.05) is 16.7 Å². The van der Waals surface area contributed by atoms with Gasteiger partial charge in [-0.3, -0.25) is 9.59 Å². The fraction of sp³-hybridized carbons (Fsp3) is 0.429. The van der Waals surface area contributed by atoms with Crippen LogP contribution in [0.5, 0.6) is 5.88 Å². The number of rotatable bonds is 7. The minimum atomic E-state index is -5.26. The quantitative estimate of drug-likeness (QED) is 0.125. The number of fused-ring (bicyclic) bond motifs is 1. The van der Waals surface area contributed by atoms with Gasteiger partial charge in [0.05, 0.1) is 18.6 Å². The second kappa shape index (κ2) is 8.31. The molecule has 0 bridgehead atoms. The summed E-state index contributed by atoms with van der Waals surface area (Å²) in [6, 6.07) is 1.14. The first-order chi connectivity index (χ1) is 12.6. The highest BCUT2D eigenvalue weighted by Crippen LogP contribution is 2.28. The van der Waals surface area contributed by atoms with Gasteiger partial charge in [0, 0.05) is 6.92 Å². The first kappa shape index (κ1) is 21.3. The van der Waals surface area contributed by atoms with Gasteiger partial charge in [0.25, 0.3) is 5.78 Å². The Labute approximate surface area is 159 Å². The van der Waals surface area contributed by atoms with Crippen molar-refractivity contribution in [2.24, 2.45) is 0 Å². The molecule has 27 heavy (non-hydrogen) atoms. The van der Waals surface area contributed by atoms with Crippen LogP contribution >= 0.6 is 23.4 Å². The van der Waals surface area contributed by atoms with E-state index in [-0.39, 0.29) is 29.2 Å². The molecular weight excluding hydrogens is 415 g/mol. The summed E-state index contributed by atoms with van der Waals surface area (Å²) in [5, 5.41) is 12.4. The molecule has 0 saturated carbocycles. The molecule has 0 aliphatic heterocycles. The van der Waals surface area contributed by atoms with E-state index >= 15 is 0 Å². The fourth-order valence-corrected chi connectivity index (χ4v) is 2.97. The van der Waals surface area contributed by atoms with Gasteiger partial charge < -0.3 is 14.6 Å². The zero-order valence-corrected chi connectivity index (χ0v) is 15.6. The number of halogens is 4. The number of esters is 1. The van der Waals surface area contributed by atoms with Crippen LogP contribution in [0.1, 0.15) is 17.4 Å². The van der Waals surface area contributed by atoms with Gasteiger partial charge in [0.1, 0.15) is 6.61 Å². The lowest BCUT2D eigenvalue weighted by molar-refractivity contribution is -0.619. The maximum atomic E-state index is 13.0. The summed E-state index contributed by atoms with van der Waals surface area (Å²) in [6.45, 7) is 0.302. The Hall–Kier alpha value is -2.05. The SMILES string of the molecule is CSc1nc(Cl)cc2n(COCCOC(C)=O)c(C(=O)C(F)(F)F)c([O-])[n+]12. The Morgan fingerprint density at radius 2 is 2.07 bits per heavy atom. The van der Waals surface area contributed by atoms with Gasteiger partial charge in [-0.05, 0) is 17.9 Å². The predicted octanol–water partition coefficient (Wildman–Crippen LogP) is 1.35. The molecule has 0 unspecified atom stereocenters. The molecule has 0 fully saturated rings. The molecule has 0 aliphatic carbocycles. The summed E-state index contributed by atoms with van der Waals surface area (Å²) in [7, 11) is 0. The lowest BCUT2D eigenvalue weighted by Crippen LogP contribution is -2.30. The monoisotopic (exact) mass is 427 g/mol. The molecule has 2 heterocycles. The number of nitrogens with zero attached hydrogens (tertiary/aromatic N) is 3. The number of carbonyl (C=O) groups excluding carboxylic acids is 2. The maximum absolute atomic E-state index is 13.0. The Kier molecular flexibility index (Phi) is 6.54. The normalized spacial score (nSPS) is 11.8. The van der Waals surface area contributed by atoms with Crippen LogP contribution in [-0.2, 0) is 21.0 Å². The van der Waals surface area contributed by atoms with E-state index in [2.05, 4.69) is 9.72 Å². The van der Waals surface area contributed by atoms with Gasteiger partial charge in [-0.25, -0.2) is 4.57 Å². The first-order valence-corrected chi connectivity index (χ1v) is 8.86. The Morgan fingerprint density at radius 3 is 2.63 bits per heavy atom. The predicted molar refractivity (Wildman–Crippen MR) is 84.6 cm³/mol. The number of imidazole rings is 1. The first-order valence-electron chi connectivity index (χ1n) is 7.26. The highest BCUT2D eigenvalue weighted by atomic mass is 35.5. The van der Waals surface area contributed by atoms with Crippen LogP contribution in [0.15, 0.2) is 11.2 Å². The highest BCUT2D eigenvalue weighted by molar-refractivity contribution is 7.98. The Bertz CT molecular complexity index is 887. The van der Waals surface area contributed by atoms with Crippen molar-refractivity contribution in [2.75, 3.05) is 19.5 Å². The number of carbonyl (C=O) groups is 2. The average molecular weight is 428 g/mol. The lowest BCUT2D eigenvalue weighted by atomic mass is 10.3. The standard InChI is InChI=1S/C14H13ClF3N3O5S/c1-7(22)26-4-3-25-6-20-9-5-8(15)19-13(27-2)21(9)12(24)10(20)11(23)14(16,17)18/h5H,3-4,6H2,1-2H3. The van der Waals surface area contributed by atoms with E-state index in [0.717, 1.165) is 26.8 Å². The van der Waals surface area contributed by atoms with E-state index in [9.17, 15) is 27.9 Å². The number of Topliss-reactive ketones (excluding diaryl/α,β-unsaturated/α-hetero) is 1. The number of hydrogen-bond donors (Lipinski definition) is 0. The largest absolute Gasteiger partial charge is 0.845 e. The van der Waals surface area contributed by atoms with Crippen LogP contribution in [0.4, 0.5) is 13.2 Å². The fourth-order valence-electron chi connectivity index (χ4n) is 2.19. The van der Waals surface area contributed by atoms with Crippen molar-refractivity contribution in [3.05, 3.63) is 16.9 Å². The summed E-state index contributed by atoms with van der Waals surface area (Å²) < 4.78 is 50.3. The number of ketones is 1. The maximum Gasteiger partial charge on any atom is 0.458 e. The molecule has 2 aromatic rings. The van der Waals surface area contributed by atoms with E-state index in [4.69, 9.17) is 16.3 Å². The number of hydrogen-bond acceptors (Lipinski definition) is 7. The summed E-state index contributed by atoms with van der Waals surface area (Å²) >= 11 is 6.83. The van der Waals surface area contributed by atoms with E-state index in [0.29, 0.717) is 0 Å². The van der Waals surface area contributed by atoms with Crippen molar-refractivity contribution >= 4 is 40.8 Å². The minimum absolute atomic E-state index is 0.0115. The zero-order chi connectivity index (χ0) is 20.4. The molecule has 0 amide bonds. The molecule has 148 valence electrons. The zero-order valence-electron chi connectivity index (χ0n) is 14.0. The summed E-state index contributed by atoms with van der Waals surface area (Å²) in [4.78, 5) is 26.4. The molecule has 8 nitrogen and oxygen atoms in total. The summed E-state index contributed by atoms with van der Waals surface area (Å²) in [6.07, 6.45) is -3.72. The van der Waals surface area contributed by atoms with Crippen molar-refractivity contribution in [3.63, 3.8) is 0 Å². The lowest BCUT2D eigenvalue weighted by Gasteiger charge is -2.10. The van der Waals surface area contributed by atoms with Crippen LogP contribution < -0.4 is 9.51 Å².